The highest BCUT2D eigenvalue weighted by Gasteiger charge is 2.26. The second kappa shape index (κ2) is 5.49. The first-order chi connectivity index (χ1) is 9.70. The number of methoxy groups -OCH3 is 1. The number of ether oxygens (including phenoxy) is 1. The molecule has 0 N–H and O–H groups in total. The van der Waals surface area contributed by atoms with E-state index in [0.29, 0.717) is 0 Å². The van der Waals surface area contributed by atoms with Crippen LogP contribution >= 0.6 is 23.2 Å². The monoisotopic (exact) mass is 351 g/mol. The van der Waals surface area contributed by atoms with Crippen molar-refractivity contribution in [2.75, 3.05) is 21.2 Å². The summed E-state index contributed by atoms with van der Waals surface area (Å²) in [7, 11) is 0.158. The third-order valence-corrected chi connectivity index (χ3v) is 5.43. The van der Waals surface area contributed by atoms with Gasteiger partial charge in [0.25, 0.3) is 0 Å². The minimum absolute atomic E-state index is 0.00959. The van der Waals surface area contributed by atoms with E-state index in [4.69, 9.17) is 27.6 Å². The molecule has 114 valence electrons. The van der Waals surface area contributed by atoms with E-state index in [1.54, 1.807) is 0 Å². The van der Waals surface area contributed by atoms with E-state index in [0.717, 1.165) is 4.31 Å². The first-order valence-electron chi connectivity index (χ1n) is 5.62. The summed E-state index contributed by atoms with van der Waals surface area (Å²) in [6, 6.07) is 2.48. The van der Waals surface area contributed by atoms with Crippen molar-refractivity contribution in [2.45, 2.75) is 4.90 Å². The average Bonchev–Trinajstić information content (AvgIpc) is 2.86. The van der Waals surface area contributed by atoms with Crippen molar-refractivity contribution in [3.63, 3.8) is 0 Å². The number of sulfonamides is 1. The van der Waals surface area contributed by atoms with E-state index in [1.807, 2.05) is 0 Å². The molecule has 2 aromatic rings. The molecule has 0 fully saturated rings. The fraction of sp³-hybridized carbons (Fsp3) is 0.250. The number of carbonyl (C=O) groups is 1. The molecule has 6 nitrogen and oxygen atoms in total. The Morgan fingerprint density at radius 1 is 1.29 bits per heavy atom. The number of rotatable bonds is 3. The third kappa shape index (κ3) is 2.62. The lowest BCUT2D eigenvalue weighted by Gasteiger charge is -2.12. The first-order valence-corrected chi connectivity index (χ1v) is 7.82. The van der Waals surface area contributed by atoms with Crippen LogP contribution in [0.3, 0.4) is 0 Å². The van der Waals surface area contributed by atoms with Gasteiger partial charge >= 0.3 is 5.97 Å². The summed E-state index contributed by atoms with van der Waals surface area (Å²) in [5.74, 6) is -0.904. The SMILES string of the molecule is COC(=O)c1cc2c(S(=O)(=O)N(C)C)cc(Cl)c(Cl)c2o1. The minimum atomic E-state index is -3.78. The van der Waals surface area contributed by atoms with Crippen LogP contribution < -0.4 is 0 Å². The molecule has 0 radical (unpaired) electrons. The Hall–Kier alpha value is -1.28. The van der Waals surface area contributed by atoms with Crippen LogP contribution in [0.4, 0.5) is 0 Å². The van der Waals surface area contributed by atoms with Crippen LogP contribution in [0.2, 0.25) is 10.0 Å². The van der Waals surface area contributed by atoms with Crippen LogP contribution in [0.15, 0.2) is 21.4 Å². The Labute approximate surface area is 131 Å². The largest absolute Gasteiger partial charge is 0.463 e. The van der Waals surface area contributed by atoms with Gasteiger partial charge in [0.1, 0.15) is 5.02 Å². The maximum atomic E-state index is 12.3. The van der Waals surface area contributed by atoms with E-state index in [-0.39, 0.29) is 31.7 Å². The zero-order valence-electron chi connectivity index (χ0n) is 11.3. The van der Waals surface area contributed by atoms with Gasteiger partial charge in [0.15, 0.2) is 5.58 Å². The first kappa shape index (κ1) is 16.1. The molecule has 1 aromatic heterocycles. The summed E-state index contributed by atoms with van der Waals surface area (Å²) in [5.41, 5.74) is 0.0185. The van der Waals surface area contributed by atoms with Gasteiger partial charge in [-0.25, -0.2) is 17.5 Å². The van der Waals surface area contributed by atoms with Crippen molar-refractivity contribution in [3.05, 3.63) is 27.9 Å². The Balaban J connectivity index is 2.87. The maximum absolute atomic E-state index is 12.3. The predicted octanol–water partition coefficient (Wildman–Crippen LogP) is 2.78. The molecule has 0 saturated carbocycles. The molecule has 2 rings (SSSR count). The van der Waals surface area contributed by atoms with Crippen molar-refractivity contribution in [1.82, 2.24) is 4.31 Å². The van der Waals surface area contributed by atoms with E-state index < -0.39 is 16.0 Å². The van der Waals surface area contributed by atoms with E-state index in [1.165, 1.54) is 33.3 Å². The summed E-state index contributed by atoms with van der Waals surface area (Å²) >= 11 is 11.9. The summed E-state index contributed by atoms with van der Waals surface area (Å²) in [4.78, 5) is 11.4. The number of carbonyl (C=O) groups excluding carboxylic acids is 1. The van der Waals surface area contributed by atoms with Crippen molar-refractivity contribution < 1.29 is 22.4 Å². The van der Waals surface area contributed by atoms with E-state index >= 15 is 0 Å². The van der Waals surface area contributed by atoms with Crippen LogP contribution in [0, 0.1) is 0 Å². The molecule has 9 heteroatoms. The smallest absolute Gasteiger partial charge is 0.373 e. The van der Waals surface area contributed by atoms with Gasteiger partial charge < -0.3 is 9.15 Å². The molecule has 0 aliphatic heterocycles. The lowest BCUT2D eigenvalue weighted by atomic mass is 10.2. The van der Waals surface area contributed by atoms with Gasteiger partial charge in [-0.15, -0.1) is 0 Å². The summed E-state index contributed by atoms with van der Waals surface area (Å²) in [5, 5.41) is 0.202. The third-order valence-electron chi connectivity index (χ3n) is 2.81. The molecule has 0 bridgehead atoms. The number of esters is 1. The lowest BCUT2D eigenvalue weighted by molar-refractivity contribution is 0.0567. The normalized spacial score (nSPS) is 12.1. The highest BCUT2D eigenvalue weighted by atomic mass is 35.5. The average molecular weight is 352 g/mol. The fourth-order valence-corrected chi connectivity index (χ4v) is 3.26. The number of halogens is 2. The maximum Gasteiger partial charge on any atom is 0.373 e. The van der Waals surface area contributed by atoms with Gasteiger partial charge in [0.05, 0.1) is 17.0 Å². The highest BCUT2D eigenvalue weighted by Crippen LogP contribution is 2.38. The molecule has 1 heterocycles. The zero-order chi connectivity index (χ0) is 15.9. The number of furan rings is 1. The Morgan fingerprint density at radius 2 is 1.90 bits per heavy atom. The lowest BCUT2D eigenvalue weighted by Crippen LogP contribution is -2.22. The van der Waals surface area contributed by atoms with Crippen LogP contribution in [0.1, 0.15) is 10.6 Å². The Morgan fingerprint density at radius 3 is 2.43 bits per heavy atom. The molecule has 1 aromatic carbocycles. The van der Waals surface area contributed by atoms with Gasteiger partial charge in [-0.05, 0) is 6.07 Å². The molecular formula is C12H11Cl2NO5S. The fourth-order valence-electron chi connectivity index (χ4n) is 1.71. The van der Waals surface area contributed by atoms with Gasteiger partial charge in [0, 0.05) is 25.5 Å². The number of hydrogen-bond acceptors (Lipinski definition) is 5. The van der Waals surface area contributed by atoms with Gasteiger partial charge in [-0.1, -0.05) is 23.2 Å². The second-order valence-corrected chi connectivity index (χ2v) is 7.21. The van der Waals surface area contributed by atoms with Gasteiger partial charge in [-0.3, -0.25) is 0 Å². The molecule has 21 heavy (non-hydrogen) atoms. The zero-order valence-corrected chi connectivity index (χ0v) is 13.6. The minimum Gasteiger partial charge on any atom is -0.463 e. The number of benzene rings is 1. The summed E-state index contributed by atoms with van der Waals surface area (Å²) in [6.07, 6.45) is 0. The Bertz CT molecular complexity index is 826. The molecule has 0 aliphatic rings. The molecular weight excluding hydrogens is 341 g/mol. The van der Waals surface area contributed by atoms with Crippen molar-refractivity contribution >= 4 is 50.2 Å². The van der Waals surface area contributed by atoms with Gasteiger partial charge in [-0.2, -0.15) is 0 Å². The van der Waals surface area contributed by atoms with E-state index in [2.05, 4.69) is 4.74 Å². The molecule has 0 amide bonds. The van der Waals surface area contributed by atoms with Crippen molar-refractivity contribution in [3.8, 4) is 0 Å². The topological polar surface area (TPSA) is 76.8 Å². The van der Waals surface area contributed by atoms with Crippen molar-refractivity contribution in [1.29, 1.82) is 0 Å². The second-order valence-electron chi connectivity index (χ2n) is 4.30. The highest BCUT2D eigenvalue weighted by molar-refractivity contribution is 7.89. The summed E-state index contributed by atoms with van der Waals surface area (Å²) < 4.78 is 35.5. The molecule has 0 unspecified atom stereocenters. The number of hydrogen-bond donors (Lipinski definition) is 0. The number of fused-ring (bicyclic) bond motifs is 1. The molecule has 0 saturated heterocycles. The van der Waals surface area contributed by atoms with Crippen LogP contribution in [-0.4, -0.2) is 39.9 Å². The van der Waals surface area contributed by atoms with Crippen LogP contribution in [0.5, 0.6) is 0 Å². The quantitative estimate of drug-likeness (QED) is 0.794. The molecule has 0 aliphatic carbocycles. The number of nitrogens with zero attached hydrogens (tertiary/aromatic N) is 1. The predicted molar refractivity (Wildman–Crippen MR) is 78.4 cm³/mol. The summed E-state index contributed by atoms with van der Waals surface area (Å²) in [6.45, 7) is 0. The standard InChI is InChI=1S/C12H11Cl2NO5S/c1-15(2)21(17,18)9-5-7(13)10(14)11-6(9)4-8(20-11)12(16)19-3/h4-5H,1-3H3. The van der Waals surface area contributed by atoms with E-state index in [9.17, 15) is 13.2 Å². The van der Waals surface area contributed by atoms with Crippen molar-refractivity contribution in [2.24, 2.45) is 0 Å². The molecule has 0 spiro atoms. The van der Waals surface area contributed by atoms with Gasteiger partial charge in [0.2, 0.25) is 15.8 Å². The molecule has 0 atom stereocenters. The Kier molecular flexibility index (Phi) is 4.21. The van der Waals surface area contributed by atoms with Crippen LogP contribution in [0.25, 0.3) is 11.0 Å². The van der Waals surface area contributed by atoms with Crippen LogP contribution in [-0.2, 0) is 14.8 Å².